The van der Waals surface area contributed by atoms with Gasteiger partial charge in [0.05, 0.1) is 13.2 Å². The normalized spacial score (nSPS) is 11.0. The molecule has 0 aliphatic rings. The predicted octanol–water partition coefficient (Wildman–Crippen LogP) is 3.75. The van der Waals surface area contributed by atoms with Crippen molar-refractivity contribution in [3.05, 3.63) is 23.9 Å². The standard InChI is InChI=1S/C19H34N4O2.HI/c1-4-7-13-24-14-8-11-21-19(20-6-3)23-16-17-9-10-18(22-15-17)25-12-5-2;/h9-10,15H,4-8,11-14,16H2,1-3H3,(H2,20,21,23);1H. The molecule has 0 fully saturated rings. The summed E-state index contributed by atoms with van der Waals surface area (Å²) in [7, 11) is 0. The van der Waals surface area contributed by atoms with Crippen molar-refractivity contribution in [3.8, 4) is 5.88 Å². The molecule has 0 spiro atoms. The van der Waals surface area contributed by atoms with E-state index in [9.17, 15) is 0 Å². The average Bonchev–Trinajstić information content (AvgIpc) is 2.64. The van der Waals surface area contributed by atoms with Crippen molar-refractivity contribution in [2.75, 3.05) is 32.9 Å². The van der Waals surface area contributed by atoms with E-state index in [4.69, 9.17) is 9.47 Å². The quantitative estimate of drug-likeness (QED) is 0.196. The molecular weight excluding hydrogens is 443 g/mol. The van der Waals surface area contributed by atoms with Gasteiger partial charge in [0.1, 0.15) is 0 Å². The highest BCUT2D eigenvalue weighted by atomic mass is 127. The molecule has 1 aromatic rings. The van der Waals surface area contributed by atoms with Crippen molar-refractivity contribution < 1.29 is 9.47 Å². The molecule has 0 saturated carbocycles. The molecule has 0 saturated heterocycles. The Morgan fingerprint density at radius 2 is 1.85 bits per heavy atom. The molecule has 26 heavy (non-hydrogen) atoms. The number of hydrogen-bond acceptors (Lipinski definition) is 4. The SMILES string of the molecule is CCCCOCCCNC(=NCc1ccc(OCCC)nc1)NCC.I. The van der Waals surface area contributed by atoms with Crippen LogP contribution in [0.5, 0.6) is 5.88 Å². The van der Waals surface area contributed by atoms with Gasteiger partial charge in [-0.25, -0.2) is 9.98 Å². The van der Waals surface area contributed by atoms with Crippen LogP contribution in [0.4, 0.5) is 0 Å². The molecule has 0 aliphatic carbocycles. The Kier molecular flexibility index (Phi) is 16.6. The first-order chi connectivity index (χ1) is 12.3. The van der Waals surface area contributed by atoms with E-state index in [1.165, 1.54) is 6.42 Å². The molecule has 0 aliphatic heterocycles. The van der Waals surface area contributed by atoms with E-state index in [0.717, 1.165) is 57.1 Å². The van der Waals surface area contributed by atoms with Gasteiger partial charge in [-0.15, -0.1) is 24.0 Å². The third-order valence-corrected chi connectivity index (χ3v) is 3.42. The van der Waals surface area contributed by atoms with Crippen molar-refractivity contribution in [1.82, 2.24) is 15.6 Å². The number of guanidine groups is 1. The summed E-state index contributed by atoms with van der Waals surface area (Å²) in [6, 6.07) is 3.90. The fourth-order valence-electron chi connectivity index (χ4n) is 2.04. The van der Waals surface area contributed by atoms with Crippen LogP contribution < -0.4 is 15.4 Å². The maximum Gasteiger partial charge on any atom is 0.213 e. The third kappa shape index (κ3) is 12.3. The highest BCUT2D eigenvalue weighted by Crippen LogP contribution is 2.08. The maximum atomic E-state index is 5.56. The second-order valence-corrected chi connectivity index (χ2v) is 5.79. The van der Waals surface area contributed by atoms with E-state index in [0.29, 0.717) is 19.0 Å². The Morgan fingerprint density at radius 3 is 2.50 bits per heavy atom. The molecule has 7 heteroatoms. The number of nitrogens with one attached hydrogen (secondary N) is 2. The zero-order valence-corrected chi connectivity index (χ0v) is 18.8. The minimum absolute atomic E-state index is 0. The van der Waals surface area contributed by atoms with Crippen LogP contribution in [0.2, 0.25) is 0 Å². The van der Waals surface area contributed by atoms with Gasteiger partial charge in [-0.2, -0.15) is 0 Å². The van der Waals surface area contributed by atoms with Crippen molar-refractivity contribution >= 4 is 29.9 Å². The van der Waals surface area contributed by atoms with Crippen LogP contribution in [-0.4, -0.2) is 43.9 Å². The lowest BCUT2D eigenvalue weighted by Crippen LogP contribution is -2.38. The summed E-state index contributed by atoms with van der Waals surface area (Å²) in [5.74, 6) is 1.49. The highest BCUT2D eigenvalue weighted by Gasteiger charge is 1.99. The van der Waals surface area contributed by atoms with E-state index >= 15 is 0 Å². The number of aliphatic imine (C=N–C) groups is 1. The van der Waals surface area contributed by atoms with E-state index < -0.39 is 0 Å². The van der Waals surface area contributed by atoms with Crippen LogP contribution in [0, 0.1) is 0 Å². The van der Waals surface area contributed by atoms with Crippen molar-refractivity contribution in [2.45, 2.75) is 53.0 Å². The lowest BCUT2D eigenvalue weighted by molar-refractivity contribution is 0.129. The first kappa shape index (κ1) is 24.9. The highest BCUT2D eigenvalue weighted by molar-refractivity contribution is 14.0. The van der Waals surface area contributed by atoms with Crippen LogP contribution in [0.1, 0.15) is 52.0 Å². The Bertz CT molecular complexity index is 469. The first-order valence-corrected chi connectivity index (χ1v) is 9.47. The van der Waals surface area contributed by atoms with Gasteiger partial charge in [-0.3, -0.25) is 0 Å². The van der Waals surface area contributed by atoms with Crippen molar-refractivity contribution in [2.24, 2.45) is 4.99 Å². The Morgan fingerprint density at radius 1 is 1.04 bits per heavy atom. The molecule has 0 radical (unpaired) electrons. The summed E-state index contributed by atoms with van der Waals surface area (Å²) in [6.45, 7) is 10.9. The van der Waals surface area contributed by atoms with Crippen LogP contribution in [0.25, 0.3) is 0 Å². The largest absolute Gasteiger partial charge is 0.478 e. The van der Waals surface area contributed by atoms with E-state index in [1.54, 1.807) is 0 Å². The molecular formula is C19H35IN4O2. The monoisotopic (exact) mass is 478 g/mol. The van der Waals surface area contributed by atoms with Gasteiger partial charge in [-0.1, -0.05) is 26.3 Å². The minimum atomic E-state index is 0. The molecule has 6 nitrogen and oxygen atoms in total. The maximum absolute atomic E-state index is 5.56. The van der Waals surface area contributed by atoms with Gasteiger partial charge in [0.2, 0.25) is 5.88 Å². The van der Waals surface area contributed by atoms with Crippen molar-refractivity contribution in [3.63, 3.8) is 0 Å². The average molecular weight is 478 g/mol. The number of halogens is 1. The number of rotatable bonds is 13. The molecule has 150 valence electrons. The molecule has 0 unspecified atom stereocenters. The van der Waals surface area contributed by atoms with Gasteiger partial charge >= 0.3 is 0 Å². The molecule has 0 amide bonds. The summed E-state index contributed by atoms with van der Waals surface area (Å²) >= 11 is 0. The zero-order valence-electron chi connectivity index (χ0n) is 16.4. The number of hydrogen-bond donors (Lipinski definition) is 2. The third-order valence-electron chi connectivity index (χ3n) is 3.42. The number of nitrogens with zero attached hydrogens (tertiary/aromatic N) is 2. The number of pyridine rings is 1. The summed E-state index contributed by atoms with van der Waals surface area (Å²) in [5, 5.41) is 6.59. The Hall–Kier alpha value is -1.09. The minimum Gasteiger partial charge on any atom is -0.478 e. The zero-order chi connectivity index (χ0) is 18.2. The number of ether oxygens (including phenoxy) is 2. The summed E-state index contributed by atoms with van der Waals surface area (Å²) < 4.78 is 11.1. The molecule has 0 bridgehead atoms. The lowest BCUT2D eigenvalue weighted by Gasteiger charge is -2.11. The van der Waals surface area contributed by atoms with Crippen LogP contribution >= 0.6 is 24.0 Å². The number of aromatic nitrogens is 1. The fraction of sp³-hybridized carbons (Fsp3) is 0.684. The topological polar surface area (TPSA) is 67.8 Å². The van der Waals surface area contributed by atoms with Crippen molar-refractivity contribution in [1.29, 1.82) is 0 Å². The Labute approximate surface area is 175 Å². The molecule has 0 aromatic carbocycles. The smallest absolute Gasteiger partial charge is 0.213 e. The van der Waals surface area contributed by atoms with Crippen LogP contribution in [0.15, 0.2) is 23.3 Å². The van der Waals surface area contributed by atoms with Gasteiger partial charge in [0, 0.05) is 38.6 Å². The predicted molar refractivity (Wildman–Crippen MR) is 119 cm³/mol. The lowest BCUT2D eigenvalue weighted by atomic mass is 10.3. The van der Waals surface area contributed by atoms with Crippen LogP contribution in [0.3, 0.4) is 0 Å². The van der Waals surface area contributed by atoms with E-state index in [2.05, 4.69) is 41.4 Å². The molecule has 1 rings (SSSR count). The van der Waals surface area contributed by atoms with E-state index in [1.807, 2.05) is 18.3 Å². The fourth-order valence-corrected chi connectivity index (χ4v) is 2.04. The first-order valence-electron chi connectivity index (χ1n) is 9.47. The second kappa shape index (κ2) is 17.3. The number of unbranched alkanes of at least 4 members (excludes halogenated alkanes) is 1. The van der Waals surface area contributed by atoms with E-state index in [-0.39, 0.29) is 24.0 Å². The molecule has 2 N–H and O–H groups in total. The van der Waals surface area contributed by atoms with Gasteiger partial charge in [0.15, 0.2) is 5.96 Å². The van der Waals surface area contributed by atoms with Gasteiger partial charge in [0.25, 0.3) is 0 Å². The van der Waals surface area contributed by atoms with Gasteiger partial charge in [-0.05, 0) is 31.7 Å². The molecule has 1 aromatic heterocycles. The van der Waals surface area contributed by atoms with Crippen LogP contribution in [-0.2, 0) is 11.3 Å². The summed E-state index contributed by atoms with van der Waals surface area (Å²) in [6.07, 6.45) is 6.08. The molecule has 0 atom stereocenters. The van der Waals surface area contributed by atoms with Gasteiger partial charge < -0.3 is 20.1 Å². The summed E-state index contributed by atoms with van der Waals surface area (Å²) in [4.78, 5) is 8.90. The summed E-state index contributed by atoms with van der Waals surface area (Å²) in [5.41, 5.74) is 1.06. The Balaban J connectivity index is 0.00000625. The second-order valence-electron chi connectivity index (χ2n) is 5.79. The molecule has 1 heterocycles.